The molecule has 16 heavy (non-hydrogen) atoms. The van der Waals surface area contributed by atoms with Gasteiger partial charge in [0.1, 0.15) is 9.50 Å². The minimum atomic E-state index is -3.22. The van der Waals surface area contributed by atoms with Crippen LogP contribution in [0.1, 0.15) is 0 Å². The molecule has 2 aromatic heterocycles. The summed E-state index contributed by atoms with van der Waals surface area (Å²) in [5.41, 5.74) is 0. The van der Waals surface area contributed by atoms with Gasteiger partial charge in [-0.05, 0) is 28.1 Å². The van der Waals surface area contributed by atoms with Crippen molar-refractivity contribution in [2.24, 2.45) is 0 Å². The monoisotopic (exact) mass is 301 g/mol. The van der Waals surface area contributed by atoms with Gasteiger partial charge in [0.25, 0.3) is 0 Å². The van der Waals surface area contributed by atoms with E-state index in [0.717, 1.165) is 6.26 Å². The van der Waals surface area contributed by atoms with Crippen molar-refractivity contribution in [2.45, 2.75) is 4.90 Å². The molecule has 0 saturated carbocycles. The SMILES string of the molecule is CS(=O)(=O)c1cnn(-c2cccc(Br)n2)c1. The van der Waals surface area contributed by atoms with Gasteiger partial charge in [0.05, 0.1) is 12.4 Å². The molecule has 0 spiro atoms. The Balaban J connectivity index is 2.47. The molecule has 2 aromatic rings. The van der Waals surface area contributed by atoms with Gasteiger partial charge in [0, 0.05) is 6.26 Å². The molecule has 0 atom stereocenters. The zero-order chi connectivity index (χ0) is 11.8. The average Bonchev–Trinajstić information content (AvgIpc) is 2.65. The van der Waals surface area contributed by atoms with Gasteiger partial charge in [0.15, 0.2) is 15.7 Å². The van der Waals surface area contributed by atoms with Crippen molar-refractivity contribution in [1.29, 1.82) is 0 Å². The lowest BCUT2D eigenvalue weighted by molar-refractivity contribution is 0.602. The first-order valence-electron chi connectivity index (χ1n) is 4.34. The number of halogens is 1. The second kappa shape index (κ2) is 3.99. The molecule has 0 aliphatic heterocycles. The molecule has 2 rings (SSSR count). The van der Waals surface area contributed by atoms with Crippen molar-refractivity contribution in [3.8, 4) is 5.82 Å². The van der Waals surface area contributed by atoms with E-state index in [9.17, 15) is 8.42 Å². The predicted octanol–water partition coefficient (Wildman–Crippen LogP) is 1.43. The standard InChI is InChI=1S/C9H8BrN3O2S/c1-16(14,15)7-5-11-13(6-7)9-4-2-3-8(10)12-9/h2-6H,1H3. The van der Waals surface area contributed by atoms with Crippen molar-refractivity contribution < 1.29 is 8.42 Å². The molecule has 0 radical (unpaired) electrons. The largest absolute Gasteiger partial charge is 0.224 e. The van der Waals surface area contributed by atoms with Gasteiger partial charge in [0.2, 0.25) is 0 Å². The molecule has 0 N–H and O–H groups in total. The van der Waals surface area contributed by atoms with Gasteiger partial charge in [-0.2, -0.15) is 5.10 Å². The molecule has 5 nitrogen and oxygen atoms in total. The minimum Gasteiger partial charge on any atom is -0.224 e. The number of hydrogen-bond acceptors (Lipinski definition) is 4. The highest BCUT2D eigenvalue weighted by Crippen LogP contribution is 2.12. The van der Waals surface area contributed by atoms with E-state index in [1.54, 1.807) is 18.2 Å². The maximum Gasteiger partial charge on any atom is 0.178 e. The molecule has 0 saturated heterocycles. The molecule has 7 heteroatoms. The van der Waals surface area contributed by atoms with Crippen LogP contribution in [0.15, 0.2) is 40.1 Å². The Morgan fingerprint density at radius 1 is 1.38 bits per heavy atom. The van der Waals surface area contributed by atoms with E-state index in [1.807, 2.05) is 0 Å². The fourth-order valence-electron chi connectivity index (χ4n) is 1.15. The summed E-state index contributed by atoms with van der Waals surface area (Å²) in [4.78, 5) is 4.34. The van der Waals surface area contributed by atoms with E-state index in [4.69, 9.17) is 0 Å². The van der Waals surface area contributed by atoms with E-state index in [-0.39, 0.29) is 4.90 Å². The summed E-state index contributed by atoms with van der Waals surface area (Å²) in [7, 11) is -3.22. The van der Waals surface area contributed by atoms with Crippen LogP contribution in [-0.2, 0) is 9.84 Å². The Morgan fingerprint density at radius 2 is 2.12 bits per heavy atom. The summed E-state index contributed by atoms with van der Waals surface area (Å²) in [5, 5.41) is 3.95. The molecule has 0 amide bonds. The number of sulfone groups is 1. The fraction of sp³-hybridized carbons (Fsp3) is 0.111. The van der Waals surface area contributed by atoms with Gasteiger partial charge in [-0.1, -0.05) is 6.07 Å². The van der Waals surface area contributed by atoms with Gasteiger partial charge in [-0.15, -0.1) is 0 Å². The summed E-state index contributed by atoms with van der Waals surface area (Å²) in [6, 6.07) is 5.32. The maximum atomic E-state index is 11.3. The average molecular weight is 302 g/mol. The molecular formula is C9H8BrN3O2S. The van der Waals surface area contributed by atoms with Gasteiger partial charge >= 0.3 is 0 Å². The first kappa shape index (κ1) is 11.3. The molecule has 0 fully saturated rings. The summed E-state index contributed by atoms with van der Waals surface area (Å²) >= 11 is 3.24. The van der Waals surface area contributed by atoms with E-state index in [1.165, 1.54) is 17.1 Å². The number of hydrogen-bond donors (Lipinski definition) is 0. The first-order valence-corrected chi connectivity index (χ1v) is 7.03. The quantitative estimate of drug-likeness (QED) is 0.787. The smallest absolute Gasteiger partial charge is 0.178 e. The predicted molar refractivity (Wildman–Crippen MR) is 62.2 cm³/mol. The number of pyridine rings is 1. The Morgan fingerprint density at radius 3 is 2.69 bits per heavy atom. The van der Waals surface area contributed by atoms with Crippen molar-refractivity contribution in [3.63, 3.8) is 0 Å². The maximum absolute atomic E-state index is 11.3. The second-order valence-corrected chi connectivity index (χ2v) is 6.04. The van der Waals surface area contributed by atoms with Crippen molar-refractivity contribution in [2.75, 3.05) is 6.26 Å². The summed E-state index contributed by atoms with van der Waals surface area (Å²) in [5.74, 6) is 0.560. The lowest BCUT2D eigenvalue weighted by Crippen LogP contribution is -1.98. The zero-order valence-corrected chi connectivity index (χ0v) is 10.7. The van der Waals surface area contributed by atoms with Gasteiger partial charge in [-0.3, -0.25) is 0 Å². The van der Waals surface area contributed by atoms with Crippen molar-refractivity contribution >= 4 is 25.8 Å². The molecule has 84 valence electrons. The normalized spacial score (nSPS) is 11.6. The fourth-order valence-corrected chi connectivity index (χ4v) is 2.01. The van der Waals surface area contributed by atoms with Crippen LogP contribution >= 0.6 is 15.9 Å². The number of nitrogens with zero attached hydrogens (tertiary/aromatic N) is 3. The molecule has 0 aromatic carbocycles. The lowest BCUT2D eigenvalue weighted by Gasteiger charge is -1.99. The zero-order valence-electron chi connectivity index (χ0n) is 8.33. The van der Waals surface area contributed by atoms with Crippen LogP contribution in [0.25, 0.3) is 5.82 Å². The highest BCUT2D eigenvalue weighted by molar-refractivity contribution is 9.10. The number of aromatic nitrogens is 3. The molecule has 2 heterocycles. The molecule has 0 unspecified atom stereocenters. The summed E-state index contributed by atoms with van der Waals surface area (Å²) in [6.45, 7) is 0. The Bertz CT molecular complexity index is 621. The van der Waals surface area contributed by atoms with Crippen LogP contribution in [-0.4, -0.2) is 29.4 Å². The highest BCUT2D eigenvalue weighted by Gasteiger charge is 2.11. The highest BCUT2D eigenvalue weighted by atomic mass is 79.9. The second-order valence-electron chi connectivity index (χ2n) is 3.21. The molecule has 0 bridgehead atoms. The van der Waals surface area contributed by atoms with Crippen LogP contribution in [0.3, 0.4) is 0 Å². The Labute approximate surface area is 101 Å². The van der Waals surface area contributed by atoms with E-state index in [0.29, 0.717) is 10.4 Å². The van der Waals surface area contributed by atoms with Crippen LogP contribution in [0.2, 0.25) is 0 Å². The van der Waals surface area contributed by atoms with Crippen molar-refractivity contribution in [1.82, 2.24) is 14.8 Å². The van der Waals surface area contributed by atoms with Gasteiger partial charge < -0.3 is 0 Å². The first-order chi connectivity index (χ1) is 7.47. The van der Waals surface area contributed by atoms with Crippen LogP contribution < -0.4 is 0 Å². The molecular weight excluding hydrogens is 294 g/mol. The van der Waals surface area contributed by atoms with Gasteiger partial charge in [-0.25, -0.2) is 18.1 Å². The van der Waals surface area contributed by atoms with E-state index >= 15 is 0 Å². The van der Waals surface area contributed by atoms with Crippen LogP contribution in [0.4, 0.5) is 0 Å². The van der Waals surface area contributed by atoms with Crippen LogP contribution in [0, 0.1) is 0 Å². The number of rotatable bonds is 2. The van der Waals surface area contributed by atoms with Crippen LogP contribution in [0.5, 0.6) is 0 Å². The summed E-state index contributed by atoms with van der Waals surface area (Å²) < 4.78 is 24.6. The topological polar surface area (TPSA) is 64.8 Å². The summed E-state index contributed by atoms with van der Waals surface area (Å²) in [6.07, 6.45) is 3.88. The molecule has 0 aliphatic carbocycles. The molecule has 0 aliphatic rings. The third-order valence-electron chi connectivity index (χ3n) is 1.92. The Kier molecular flexibility index (Phi) is 2.81. The van der Waals surface area contributed by atoms with Crippen molar-refractivity contribution in [3.05, 3.63) is 35.2 Å². The minimum absolute atomic E-state index is 0.175. The lowest BCUT2D eigenvalue weighted by atomic mass is 10.5. The third-order valence-corrected chi connectivity index (χ3v) is 3.43. The van der Waals surface area contributed by atoms with E-state index < -0.39 is 9.84 Å². The third kappa shape index (κ3) is 2.30. The Hall–Kier alpha value is -1.21. The van der Waals surface area contributed by atoms with E-state index in [2.05, 4.69) is 26.0 Å².